The van der Waals surface area contributed by atoms with Crippen molar-refractivity contribution < 1.29 is 14.7 Å². The minimum absolute atomic E-state index is 0.0879. The zero-order valence-corrected chi connectivity index (χ0v) is 8.54. The summed E-state index contributed by atoms with van der Waals surface area (Å²) < 4.78 is 0. The fraction of sp³-hybridized carbons (Fsp3) is 0. The average molecular weight is 232 g/mol. The van der Waals surface area contributed by atoms with Crippen LogP contribution in [0.4, 0.5) is 5.82 Å². The van der Waals surface area contributed by atoms with Gasteiger partial charge in [0.15, 0.2) is 5.82 Å². The summed E-state index contributed by atoms with van der Waals surface area (Å²) in [6.45, 7) is 0. The number of aromatic carboxylic acids is 1. The number of carboxylic acids is 1. The van der Waals surface area contributed by atoms with Gasteiger partial charge in [-0.05, 0) is 12.1 Å². The van der Waals surface area contributed by atoms with Crippen molar-refractivity contribution in [3.05, 3.63) is 41.9 Å². The van der Waals surface area contributed by atoms with Crippen LogP contribution in [0.3, 0.4) is 0 Å². The largest absolute Gasteiger partial charge is 0.477 e. The molecule has 2 aromatic heterocycles. The van der Waals surface area contributed by atoms with Crippen molar-refractivity contribution in [2.24, 2.45) is 0 Å². The van der Waals surface area contributed by atoms with Crippen LogP contribution in [0, 0.1) is 0 Å². The Morgan fingerprint density at radius 3 is 2.59 bits per heavy atom. The summed E-state index contributed by atoms with van der Waals surface area (Å²) in [6.07, 6.45) is 2.98. The molecule has 0 aliphatic carbocycles. The highest BCUT2D eigenvalue weighted by Crippen LogP contribution is 2.07. The van der Waals surface area contributed by atoms with Gasteiger partial charge in [0.1, 0.15) is 5.69 Å². The number of carbonyl (C=O) groups is 2. The molecule has 2 aromatic rings. The molecule has 17 heavy (non-hydrogen) atoms. The molecule has 0 bridgehead atoms. The van der Waals surface area contributed by atoms with Gasteiger partial charge >= 0.3 is 5.97 Å². The van der Waals surface area contributed by atoms with Crippen molar-refractivity contribution in [2.45, 2.75) is 0 Å². The normalized spacial score (nSPS) is 9.88. The number of carbonyl (C=O) groups excluding carboxylic acids is 1. The number of nitrogens with zero attached hydrogens (tertiary/aromatic N) is 2. The van der Waals surface area contributed by atoms with E-state index in [0.29, 0.717) is 5.56 Å². The summed E-state index contributed by atoms with van der Waals surface area (Å²) in [5.74, 6) is -1.36. The molecule has 3 N–H and O–H groups in total. The monoisotopic (exact) mass is 232 g/mol. The second-order valence-electron chi connectivity index (χ2n) is 3.16. The Labute approximate surface area is 95.5 Å². The van der Waals surface area contributed by atoms with Gasteiger partial charge in [-0.3, -0.25) is 14.9 Å². The third-order valence-electron chi connectivity index (χ3n) is 1.99. The van der Waals surface area contributed by atoms with Gasteiger partial charge in [-0.1, -0.05) is 0 Å². The lowest BCUT2D eigenvalue weighted by Crippen LogP contribution is -2.12. The first kappa shape index (κ1) is 10.8. The van der Waals surface area contributed by atoms with E-state index < -0.39 is 5.97 Å². The fourth-order valence-corrected chi connectivity index (χ4v) is 1.19. The Hall–Kier alpha value is -2.70. The lowest BCUT2D eigenvalue weighted by Gasteiger charge is -1.99. The topological polar surface area (TPSA) is 108 Å². The second-order valence-corrected chi connectivity index (χ2v) is 3.16. The Morgan fingerprint density at radius 2 is 2.00 bits per heavy atom. The van der Waals surface area contributed by atoms with Gasteiger partial charge < -0.3 is 10.4 Å². The molecule has 1 amide bonds. The number of anilines is 1. The number of rotatable bonds is 3. The van der Waals surface area contributed by atoms with E-state index in [-0.39, 0.29) is 17.4 Å². The van der Waals surface area contributed by atoms with Crippen molar-refractivity contribution in [1.82, 2.24) is 15.2 Å². The first-order valence-electron chi connectivity index (χ1n) is 4.67. The van der Waals surface area contributed by atoms with E-state index in [1.807, 2.05) is 0 Å². The molecule has 0 radical (unpaired) electrons. The highest BCUT2D eigenvalue weighted by molar-refractivity contribution is 6.04. The molecule has 0 saturated heterocycles. The van der Waals surface area contributed by atoms with Crippen LogP contribution in [0.5, 0.6) is 0 Å². The first-order chi connectivity index (χ1) is 8.16. The predicted octanol–water partition coefficient (Wildman–Crippen LogP) is 0.755. The minimum Gasteiger partial charge on any atom is -0.477 e. The number of aromatic nitrogens is 3. The molecule has 7 heteroatoms. The van der Waals surface area contributed by atoms with Crippen molar-refractivity contribution in [3.63, 3.8) is 0 Å². The summed E-state index contributed by atoms with van der Waals surface area (Å²) in [5.41, 5.74) is 0.329. The summed E-state index contributed by atoms with van der Waals surface area (Å²) in [6, 6.07) is 4.32. The Balaban J connectivity index is 2.11. The molecule has 2 heterocycles. The molecule has 0 unspecified atom stereocenters. The third-order valence-corrected chi connectivity index (χ3v) is 1.99. The van der Waals surface area contributed by atoms with Crippen LogP contribution >= 0.6 is 0 Å². The first-order valence-corrected chi connectivity index (χ1v) is 4.67. The van der Waals surface area contributed by atoms with Gasteiger partial charge in [0, 0.05) is 24.0 Å². The fourth-order valence-electron chi connectivity index (χ4n) is 1.19. The highest BCUT2D eigenvalue weighted by Gasteiger charge is 2.10. The van der Waals surface area contributed by atoms with Crippen LogP contribution in [0.25, 0.3) is 0 Å². The number of nitrogens with one attached hydrogen (secondary N) is 2. The van der Waals surface area contributed by atoms with Gasteiger partial charge in [-0.15, -0.1) is 0 Å². The smallest absolute Gasteiger partial charge is 0.353 e. The van der Waals surface area contributed by atoms with Crippen LogP contribution in [0.2, 0.25) is 0 Å². The van der Waals surface area contributed by atoms with Crippen LogP contribution in [-0.2, 0) is 0 Å². The quantitative estimate of drug-likeness (QED) is 0.723. The molecule has 0 atom stereocenters. The molecule has 0 saturated carbocycles. The summed E-state index contributed by atoms with van der Waals surface area (Å²) in [5, 5.41) is 17.1. The molecule has 0 aliphatic rings. The number of amides is 1. The van der Waals surface area contributed by atoms with Crippen LogP contribution < -0.4 is 5.32 Å². The molecule has 0 aromatic carbocycles. The van der Waals surface area contributed by atoms with E-state index in [4.69, 9.17) is 5.11 Å². The number of hydrogen-bond acceptors (Lipinski definition) is 4. The summed E-state index contributed by atoms with van der Waals surface area (Å²) in [4.78, 5) is 26.0. The maximum Gasteiger partial charge on any atom is 0.353 e. The van der Waals surface area contributed by atoms with Gasteiger partial charge in [-0.25, -0.2) is 4.79 Å². The average Bonchev–Trinajstić information content (AvgIpc) is 2.79. The van der Waals surface area contributed by atoms with Crippen molar-refractivity contribution >= 4 is 17.7 Å². The summed E-state index contributed by atoms with van der Waals surface area (Å²) in [7, 11) is 0. The number of aromatic amines is 1. The van der Waals surface area contributed by atoms with Crippen molar-refractivity contribution in [1.29, 1.82) is 0 Å². The lowest BCUT2D eigenvalue weighted by atomic mass is 10.2. The Kier molecular flexibility index (Phi) is 2.82. The Bertz CT molecular complexity index is 550. The van der Waals surface area contributed by atoms with E-state index in [1.165, 1.54) is 18.5 Å². The molecule has 7 nitrogen and oxygen atoms in total. The van der Waals surface area contributed by atoms with Gasteiger partial charge in [0.2, 0.25) is 0 Å². The third kappa shape index (κ3) is 2.46. The van der Waals surface area contributed by atoms with Gasteiger partial charge in [0.25, 0.3) is 5.91 Å². The molecule has 86 valence electrons. The molecular weight excluding hydrogens is 224 g/mol. The van der Waals surface area contributed by atoms with Gasteiger partial charge in [0.05, 0.1) is 0 Å². The van der Waals surface area contributed by atoms with Crippen LogP contribution in [0.1, 0.15) is 20.8 Å². The van der Waals surface area contributed by atoms with Crippen LogP contribution in [0.15, 0.2) is 30.6 Å². The molecular formula is C10H8N4O3. The Morgan fingerprint density at radius 1 is 1.29 bits per heavy atom. The van der Waals surface area contributed by atoms with E-state index in [2.05, 4.69) is 20.5 Å². The van der Waals surface area contributed by atoms with E-state index in [1.54, 1.807) is 12.1 Å². The molecule has 0 spiro atoms. The van der Waals surface area contributed by atoms with Gasteiger partial charge in [-0.2, -0.15) is 5.10 Å². The van der Waals surface area contributed by atoms with E-state index >= 15 is 0 Å². The molecule has 2 rings (SSSR count). The minimum atomic E-state index is -1.14. The summed E-state index contributed by atoms with van der Waals surface area (Å²) >= 11 is 0. The SMILES string of the molecule is O=C(Nc1cc(C(=O)O)[nH]n1)c1ccncc1. The zero-order valence-electron chi connectivity index (χ0n) is 8.54. The predicted molar refractivity (Wildman–Crippen MR) is 57.7 cm³/mol. The van der Waals surface area contributed by atoms with Crippen molar-refractivity contribution in [2.75, 3.05) is 5.32 Å². The number of hydrogen-bond donors (Lipinski definition) is 3. The molecule has 0 fully saturated rings. The number of H-pyrrole nitrogens is 1. The standard InChI is InChI=1S/C10H8N4O3/c15-9(6-1-3-11-4-2-6)12-8-5-7(10(16)17)13-14-8/h1-5H,(H,16,17)(H2,12,13,14,15). The highest BCUT2D eigenvalue weighted by atomic mass is 16.4. The maximum absolute atomic E-state index is 11.7. The van der Waals surface area contributed by atoms with E-state index in [9.17, 15) is 9.59 Å². The zero-order chi connectivity index (χ0) is 12.3. The molecule has 0 aliphatic heterocycles. The lowest BCUT2D eigenvalue weighted by molar-refractivity contribution is 0.0690. The van der Waals surface area contributed by atoms with Crippen LogP contribution in [-0.4, -0.2) is 32.2 Å². The van der Waals surface area contributed by atoms with E-state index in [0.717, 1.165) is 0 Å². The second kappa shape index (κ2) is 4.44. The number of pyridine rings is 1. The maximum atomic E-state index is 11.7. The van der Waals surface area contributed by atoms with Crippen molar-refractivity contribution in [3.8, 4) is 0 Å². The number of carboxylic acid groups (broad SMARTS) is 1.